The van der Waals surface area contributed by atoms with Gasteiger partial charge in [-0.1, -0.05) is 25.5 Å². The van der Waals surface area contributed by atoms with Gasteiger partial charge in [-0.05, 0) is 60.9 Å². The predicted molar refractivity (Wildman–Crippen MR) is 130 cm³/mol. The first-order chi connectivity index (χ1) is 16.0. The molecule has 0 saturated heterocycles. The minimum atomic E-state index is -0.866. The summed E-state index contributed by atoms with van der Waals surface area (Å²) in [5, 5.41) is 23.7. The number of hydrogen-bond acceptors (Lipinski definition) is 7. The second-order valence-electron chi connectivity index (χ2n) is 9.12. The van der Waals surface area contributed by atoms with Crippen LogP contribution in [0.4, 0.5) is 11.6 Å². The van der Waals surface area contributed by atoms with E-state index in [-0.39, 0.29) is 12.0 Å². The number of aryl methyl sites for hydroxylation is 2. The number of rotatable bonds is 6. The van der Waals surface area contributed by atoms with Gasteiger partial charge in [0.05, 0.1) is 23.0 Å². The Hall–Kier alpha value is -3.23. The molecule has 1 fully saturated rings. The molecule has 1 aliphatic carbocycles. The highest BCUT2D eigenvalue weighted by atomic mass is 16.3. The summed E-state index contributed by atoms with van der Waals surface area (Å²) in [5.74, 6) is 0.931. The van der Waals surface area contributed by atoms with E-state index in [2.05, 4.69) is 34.0 Å². The molecule has 0 unspecified atom stereocenters. The van der Waals surface area contributed by atoms with Gasteiger partial charge in [-0.2, -0.15) is 0 Å². The smallest absolute Gasteiger partial charge is 0.146 e. The van der Waals surface area contributed by atoms with Crippen LogP contribution < -0.4 is 11.5 Å². The van der Waals surface area contributed by atoms with Crippen molar-refractivity contribution in [2.24, 2.45) is 5.92 Å². The Morgan fingerprint density at radius 2 is 1.88 bits per heavy atom. The van der Waals surface area contributed by atoms with Crippen molar-refractivity contribution in [3.8, 4) is 0 Å². The molecule has 1 saturated carbocycles. The lowest BCUT2D eigenvalue weighted by atomic mass is 9.95. The number of aliphatic hydroxyl groups excluding tert-OH is 2. The van der Waals surface area contributed by atoms with Gasteiger partial charge in [0.1, 0.15) is 29.7 Å². The van der Waals surface area contributed by atoms with Crippen molar-refractivity contribution in [3.63, 3.8) is 0 Å². The molecular formula is C25H30N6O2. The van der Waals surface area contributed by atoms with Gasteiger partial charge >= 0.3 is 0 Å². The zero-order valence-corrected chi connectivity index (χ0v) is 18.7. The topological polar surface area (TPSA) is 136 Å². The molecule has 5 rings (SSSR count). The van der Waals surface area contributed by atoms with Crippen LogP contribution in [0.15, 0.2) is 42.9 Å². The molecule has 3 heterocycles. The average Bonchev–Trinajstić information content (AvgIpc) is 3.30. The van der Waals surface area contributed by atoms with Gasteiger partial charge in [-0.25, -0.2) is 15.0 Å². The summed E-state index contributed by atoms with van der Waals surface area (Å²) in [5.41, 5.74) is 15.8. The first kappa shape index (κ1) is 21.6. The number of nitrogen functional groups attached to an aromatic ring is 2. The molecule has 1 aromatic carbocycles. The van der Waals surface area contributed by atoms with Gasteiger partial charge in [0, 0.05) is 11.6 Å². The Balaban J connectivity index is 1.37. The summed E-state index contributed by atoms with van der Waals surface area (Å²) in [6, 6.07) is 9.69. The average molecular weight is 447 g/mol. The fourth-order valence-corrected chi connectivity index (χ4v) is 5.25. The molecule has 8 heteroatoms. The van der Waals surface area contributed by atoms with E-state index in [0.717, 1.165) is 58.7 Å². The Morgan fingerprint density at radius 3 is 2.70 bits per heavy atom. The molecule has 0 bridgehead atoms. The van der Waals surface area contributed by atoms with Crippen LogP contribution in [0.25, 0.3) is 21.9 Å². The van der Waals surface area contributed by atoms with Crippen molar-refractivity contribution < 1.29 is 10.2 Å². The van der Waals surface area contributed by atoms with E-state index in [1.54, 1.807) is 6.07 Å². The van der Waals surface area contributed by atoms with Crippen LogP contribution in [0.5, 0.6) is 0 Å². The first-order valence-electron chi connectivity index (χ1n) is 11.6. The Kier molecular flexibility index (Phi) is 5.64. The number of anilines is 2. The van der Waals surface area contributed by atoms with Gasteiger partial charge < -0.3 is 26.2 Å². The van der Waals surface area contributed by atoms with Crippen LogP contribution in [0.2, 0.25) is 0 Å². The van der Waals surface area contributed by atoms with Gasteiger partial charge in [-0.15, -0.1) is 0 Å². The summed E-state index contributed by atoms with van der Waals surface area (Å²) in [4.78, 5) is 13.0. The molecule has 0 spiro atoms. The fourth-order valence-electron chi connectivity index (χ4n) is 5.25. The van der Waals surface area contributed by atoms with Crippen molar-refractivity contribution in [2.75, 3.05) is 11.5 Å². The van der Waals surface area contributed by atoms with Crippen molar-refractivity contribution in [1.29, 1.82) is 0 Å². The summed E-state index contributed by atoms with van der Waals surface area (Å²) in [7, 11) is 0. The maximum atomic E-state index is 10.9. The summed E-state index contributed by atoms with van der Waals surface area (Å²) in [6.45, 7) is 2.12. The van der Waals surface area contributed by atoms with E-state index >= 15 is 0 Å². The van der Waals surface area contributed by atoms with Gasteiger partial charge in [0.2, 0.25) is 0 Å². The van der Waals surface area contributed by atoms with Crippen LogP contribution in [0.1, 0.15) is 43.4 Å². The standard InChI is InChI=1S/C25H30N6O2/c1-2-3-17-12-31(25-21(17)24(27)28-13-29-25)19-11-16(22(32)23(19)33)7-5-14-4-6-15-8-9-20(26)30-18(15)10-14/h4,6,8-10,12-13,16,19,22-23,32-33H,2-3,5,7,11H2,1H3,(H2,26,30)(H2,27,28,29)/t16-,19+,22+,23-/m0/s1. The molecule has 0 radical (unpaired) electrons. The fraction of sp³-hybridized carbons (Fsp3) is 0.400. The summed E-state index contributed by atoms with van der Waals surface area (Å²) >= 11 is 0. The number of benzene rings is 1. The van der Waals surface area contributed by atoms with Crippen LogP contribution in [-0.2, 0) is 12.8 Å². The van der Waals surface area contributed by atoms with Crippen molar-refractivity contribution >= 4 is 33.6 Å². The number of nitrogens with zero attached hydrogens (tertiary/aromatic N) is 4. The van der Waals surface area contributed by atoms with Crippen LogP contribution in [0.3, 0.4) is 0 Å². The van der Waals surface area contributed by atoms with E-state index in [0.29, 0.717) is 18.1 Å². The molecule has 8 nitrogen and oxygen atoms in total. The Labute approximate surface area is 192 Å². The van der Waals surface area contributed by atoms with Crippen molar-refractivity contribution in [3.05, 3.63) is 54.0 Å². The third-order valence-electron chi connectivity index (χ3n) is 6.95. The second-order valence-corrected chi connectivity index (χ2v) is 9.12. The molecule has 1 aliphatic rings. The Bertz CT molecular complexity index is 1300. The zero-order valence-electron chi connectivity index (χ0n) is 18.7. The van der Waals surface area contributed by atoms with Gasteiger partial charge in [-0.3, -0.25) is 0 Å². The summed E-state index contributed by atoms with van der Waals surface area (Å²) in [6.07, 6.45) is 5.87. The van der Waals surface area contributed by atoms with E-state index in [1.165, 1.54) is 6.33 Å². The highest BCUT2D eigenvalue weighted by Gasteiger charge is 2.42. The minimum Gasteiger partial charge on any atom is -0.390 e. The lowest BCUT2D eigenvalue weighted by Crippen LogP contribution is -2.29. The molecule has 4 aromatic rings. The lowest BCUT2D eigenvalue weighted by molar-refractivity contribution is 0.00544. The van der Waals surface area contributed by atoms with Crippen LogP contribution in [-0.4, -0.2) is 41.9 Å². The normalized spacial score (nSPS) is 23.0. The molecule has 3 aromatic heterocycles. The minimum absolute atomic E-state index is 0.0271. The van der Waals surface area contributed by atoms with Gasteiger partial charge in [0.15, 0.2) is 0 Å². The molecule has 6 N–H and O–H groups in total. The largest absolute Gasteiger partial charge is 0.390 e. The quantitative estimate of drug-likeness (QED) is 0.357. The first-order valence-corrected chi connectivity index (χ1v) is 11.6. The lowest BCUT2D eigenvalue weighted by Gasteiger charge is -2.19. The number of nitrogens with two attached hydrogens (primary N) is 2. The number of hydrogen-bond donors (Lipinski definition) is 4. The molecule has 33 heavy (non-hydrogen) atoms. The van der Waals surface area contributed by atoms with Gasteiger partial charge in [0.25, 0.3) is 0 Å². The van der Waals surface area contributed by atoms with E-state index in [1.807, 2.05) is 22.9 Å². The summed E-state index contributed by atoms with van der Waals surface area (Å²) < 4.78 is 2.00. The zero-order chi connectivity index (χ0) is 23.1. The third-order valence-corrected chi connectivity index (χ3v) is 6.95. The monoisotopic (exact) mass is 446 g/mol. The maximum absolute atomic E-state index is 10.9. The number of aromatic nitrogens is 4. The van der Waals surface area contributed by atoms with E-state index < -0.39 is 12.2 Å². The highest BCUT2D eigenvalue weighted by molar-refractivity contribution is 5.90. The van der Waals surface area contributed by atoms with Crippen LogP contribution >= 0.6 is 0 Å². The number of fused-ring (bicyclic) bond motifs is 2. The molecule has 4 atom stereocenters. The SMILES string of the molecule is CCCc1cn([C@@H]2C[C@H](CCc3ccc4ccc(N)nc4c3)[C@@H](O)[C@H]2O)c2ncnc(N)c12. The maximum Gasteiger partial charge on any atom is 0.146 e. The predicted octanol–water partition coefficient (Wildman–Crippen LogP) is 3.01. The molecular weight excluding hydrogens is 416 g/mol. The van der Waals surface area contributed by atoms with E-state index in [9.17, 15) is 10.2 Å². The molecule has 0 aliphatic heterocycles. The molecule has 172 valence electrons. The highest BCUT2D eigenvalue weighted by Crippen LogP contribution is 2.40. The van der Waals surface area contributed by atoms with Crippen molar-refractivity contribution in [1.82, 2.24) is 19.5 Å². The molecule has 0 amide bonds. The second kappa shape index (κ2) is 8.61. The Morgan fingerprint density at radius 1 is 1.06 bits per heavy atom. The van der Waals surface area contributed by atoms with Crippen LogP contribution in [0, 0.1) is 5.92 Å². The van der Waals surface area contributed by atoms with Crippen molar-refractivity contribution in [2.45, 2.75) is 57.3 Å². The van der Waals surface area contributed by atoms with E-state index in [4.69, 9.17) is 11.5 Å². The number of pyridine rings is 1. The number of aliphatic hydroxyl groups is 2. The third kappa shape index (κ3) is 3.89.